The van der Waals surface area contributed by atoms with E-state index in [1.54, 1.807) is 62.4 Å². The molecule has 0 bridgehead atoms. The van der Waals surface area contributed by atoms with E-state index in [0.717, 1.165) is 4.57 Å². The van der Waals surface area contributed by atoms with Crippen LogP contribution in [0.4, 0.5) is 5.69 Å². The lowest BCUT2D eigenvalue weighted by atomic mass is 9.86. The number of hydrogen-bond donors (Lipinski definition) is 3. The summed E-state index contributed by atoms with van der Waals surface area (Å²) in [5.74, 6) is -1.50. The molecule has 9 nitrogen and oxygen atoms in total. The molecular formula is C23H22N4O5. The maximum Gasteiger partial charge on any atom is 0.326 e. The van der Waals surface area contributed by atoms with Gasteiger partial charge in [0.15, 0.2) is 0 Å². The van der Waals surface area contributed by atoms with Gasteiger partial charge in [-0.2, -0.15) is 0 Å². The van der Waals surface area contributed by atoms with Crippen molar-refractivity contribution in [1.29, 1.82) is 0 Å². The summed E-state index contributed by atoms with van der Waals surface area (Å²) in [4.78, 5) is 44.1. The molecule has 164 valence electrons. The summed E-state index contributed by atoms with van der Waals surface area (Å²) in [5.41, 5.74) is -1.77. The highest BCUT2D eigenvalue weighted by molar-refractivity contribution is 6.05. The van der Waals surface area contributed by atoms with Crippen molar-refractivity contribution in [1.82, 2.24) is 14.9 Å². The molecule has 1 amide bonds. The van der Waals surface area contributed by atoms with E-state index < -0.39 is 34.9 Å². The van der Waals surface area contributed by atoms with Gasteiger partial charge in [0.25, 0.3) is 5.56 Å². The van der Waals surface area contributed by atoms with Gasteiger partial charge in [0.1, 0.15) is 17.8 Å². The van der Waals surface area contributed by atoms with E-state index in [0.29, 0.717) is 16.8 Å². The lowest BCUT2D eigenvalue weighted by Crippen LogP contribution is -2.52. The molecule has 32 heavy (non-hydrogen) atoms. The number of rotatable bonds is 4. The summed E-state index contributed by atoms with van der Waals surface area (Å²) in [5, 5.41) is 25.4. The molecule has 5 rings (SSSR count). The predicted molar refractivity (Wildman–Crippen MR) is 116 cm³/mol. The van der Waals surface area contributed by atoms with Crippen molar-refractivity contribution < 1.29 is 19.8 Å². The fourth-order valence-corrected chi connectivity index (χ4v) is 4.79. The molecule has 1 fully saturated rings. The number of hydrogen-bond acceptors (Lipinski definition) is 6. The second-order valence-corrected chi connectivity index (χ2v) is 8.82. The number of aliphatic hydroxyl groups is 1. The van der Waals surface area contributed by atoms with Gasteiger partial charge in [-0.3, -0.25) is 24.4 Å². The van der Waals surface area contributed by atoms with Gasteiger partial charge >= 0.3 is 5.97 Å². The summed E-state index contributed by atoms with van der Waals surface area (Å²) in [6, 6.07) is 12.2. The molecule has 0 saturated carbocycles. The summed E-state index contributed by atoms with van der Waals surface area (Å²) in [6.07, 6.45) is -0.00673. The predicted octanol–water partition coefficient (Wildman–Crippen LogP) is 1.35. The van der Waals surface area contributed by atoms with Crippen LogP contribution in [0.15, 0.2) is 59.7 Å². The highest BCUT2D eigenvalue weighted by atomic mass is 16.4. The monoisotopic (exact) mass is 434 g/mol. The van der Waals surface area contributed by atoms with Crippen molar-refractivity contribution in [3.05, 3.63) is 70.8 Å². The number of carbonyl (C=O) groups is 2. The third-order valence-corrected chi connectivity index (χ3v) is 6.41. The number of benzene rings is 2. The summed E-state index contributed by atoms with van der Waals surface area (Å²) in [7, 11) is 0. The van der Waals surface area contributed by atoms with Crippen LogP contribution in [0, 0.1) is 0 Å². The number of fused-ring (bicyclic) bond motifs is 4. The lowest BCUT2D eigenvalue weighted by Gasteiger charge is -2.33. The van der Waals surface area contributed by atoms with Gasteiger partial charge in [0, 0.05) is 12.0 Å². The minimum absolute atomic E-state index is 0.220. The van der Waals surface area contributed by atoms with Crippen LogP contribution in [-0.2, 0) is 15.2 Å². The maximum atomic E-state index is 13.1. The molecule has 3 atom stereocenters. The molecule has 0 radical (unpaired) electrons. The quantitative estimate of drug-likeness (QED) is 0.566. The van der Waals surface area contributed by atoms with Crippen LogP contribution in [0.3, 0.4) is 0 Å². The van der Waals surface area contributed by atoms with Gasteiger partial charge in [-0.15, -0.1) is 0 Å². The summed E-state index contributed by atoms with van der Waals surface area (Å²) < 4.78 is 1.04. The van der Waals surface area contributed by atoms with Gasteiger partial charge in [0.05, 0.1) is 28.5 Å². The highest BCUT2D eigenvalue weighted by Crippen LogP contribution is 2.50. The second-order valence-electron chi connectivity index (χ2n) is 8.82. The van der Waals surface area contributed by atoms with Crippen molar-refractivity contribution in [3.8, 4) is 0 Å². The number of aromatic nitrogens is 2. The van der Waals surface area contributed by atoms with Crippen molar-refractivity contribution in [2.75, 3.05) is 4.90 Å². The van der Waals surface area contributed by atoms with E-state index in [9.17, 15) is 24.6 Å². The zero-order valence-corrected chi connectivity index (χ0v) is 17.5. The van der Waals surface area contributed by atoms with Crippen molar-refractivity contribution in [3.63, 3.8) is 0 Å². The lowest BCUT2D eigenvalue weighted by molar-refractivity contribution is -0.144. The van der Waals surface area contributed by atoms with Crippen LogP contribution in [0.1, 0.15) is 31.9 Å². The largest absolute Gasteiger partial charge is 0.480 e. The Morgan fingerprint density at radius 1 is 1.16 bits per heavy atom. The average molecular weight is 434 g/mol. The van der Waals surface area contributed by atoms with Crippen molar-refractivity contribution in [2.45, 2.75) is 43.6 Å². The Kier molecular flexibility index (Phi) is 4.27. The Morgan fingerprint density at radius 3 is 2.59 bits per heavy atom. The van der Waals surface area contributed by atoms with E-state index >= 15 is 0 Å². The van der Waals surface area contributed by atoms with Crippen LogP contribution in [0.2, 0.25) is 0 Å². The molecule has 2 aromatic carbocycles. The first-order chi connectivity index (χ1) is 15.1. The Morgan fingerprint density at radius 2 is 1.84 bits per heavy atom. The van der Waals surface area contributed by atoms with Crippen LogP contribution in [-0.4, -0.2) is 43.3 Å². The van der Waals surface area contributed by atoms with E-state index in [-0.39, 0.29) is 17.7 Å². The van der Waals surface area contributed by atoms with Gasteiger partial charge < -0.3 is 10.2 Å². The first-order valence-corrected chi connectivity index (χ1v) is 10.3. The Hall–Kier alpha value is -3.56. The number of nitrogens with zero attached hydrogens (tertiary/aromatic N) is 3. The first-order valence-electron chi connectivity index (χ1n) is 10.3. The van der Waals surface area contributed by atoms with Gasteiger partial charge in [-0.05, 0) is 32.0 Å². The molecule has 0 spiro atoms. The number of anilines is 1. The molecule has 2 aliphatic rings. The molecule has 3 N–H and O–H groups in total. The van der Waals surface area contributed by atoms with Gasteiger partial charge in [0.2, 0.25) is 5.91 Å². The van der Waals surface area contributed by atoms with Crippen LogP contribution < -0.4 is 15.8 Å². The Labute approximate surface area is 182 Å². The molecule has 0 unspecified atom stereocenters. The Bertz CT molecular complexity index is 1330. The third-order valence-electron chi connectivity index (χ3n) is 6.41. The van der Waals surface area contributed by atoms with E-state index in [4.69, 9.17) is 0 Å². The smallest absolute Gasteiger partial charge is 0.326 e. The number of amides is 1. The van der Waals surface area contributed by atoms with Crippen LogP contribution >= 0.6 is 0 Å². The van der Waals surface area contributed by atoms with Crippen LogP contribution in [0.25, 0.3) is 10.9 Å². The molecule has 2 aliphatic heterocycles. The summed E-state index contributed by atoms with van der Waals surface area (Å²) in [6.45, 7) is 3.42. The SMILES string of the molecule is CC1(C)N[C@@H]2N(C1=O)c1ccccc1[C@]2(O)C[C@H](C(=O)O)n1cnc2ccccc2c1=O. The van der Waals surface area contributed by atoms with Gasteiger partial charge in [-0.25, -0.2) is 9.78 Å². The van der Waals surface area contributed by atoms with Crippen molar-refractivity contribution in [2.24, 2.45) is 0 Å². The third kappa shape index (κ3) is 2.71. The number of carboxylic acid groups (broad SMARTS) is 1. The number of nitrogens with one attached hydrogen (secondary N) is 1. The van der Waals surface area contributed by atoms with Gasteiger partial charge in [-0.1, -0.05) is 30.3 Å². The molecule has 1 saturated heterocycles. The van der Waals surface area contributed by atoms with E-state index in [1.807, 2.05) is 0 Å². The second kappa shape index (κ2) is 6.72. The standard InChI is InChI=1S/C23H22N4O5/c1-22(2)21(31)27-16-10-6-4-8-14(16)23(32,20(27)25-22)11-17(19(29)30)26-12-24-15-9-5-3-7-13(15)18(26)28/h3-10,12,17,20,25,32H,11H2,1-2H3,(H,29,30)/t17-,20-,23-/m1/s1. The van der Waals surface area contributed by atoms with Crippen molar-refractivity contribution >= 4 is 28.5 Å². The van der Waals surface area contributed by atoms with Crippen LogP contribution in [0.5, 0.6) is 0 Å². The molecule has 9 heteroatoms. The average Bonchev–Trinajstić information content (AvgIpc) is 3.15. The zero-order chi connectivity index (χ0) is 22.8. The topological polar surface area (TPSA) is 125 Å². The molecule has 1 aromatic heterocycles. The fraction of sp³-hybridized carbons (Fsp3) is 0.304. The highest BCUT2D eigenvalue weighted by Gasteiger charge is 2.61. The summed E-state index contributed by atoms with van der Waals surface area (Å²) >= 11 is 0. The normalized spacial score (nSPS) is 24.4. The number of aliphatic carboxylic acids is 1. The molecule has 0 aliphatic carbocycles. The molecule has 3 heterocycles. The Balaban J connectivity index is 1.64. The van der Waals surface area contributed by atoms with E-state index in [2.05, 4.69) is 10.3 Å². The van der Waals surface area contributed by atoms with E-state index in [1.165, 1.54) is 11.2 Å². The number of para-hydroxylation sites is 2. The minimum Gasteiger partial charge on any atom is -0.480 e. The molecular weight excluding hydrogens is 412 g/mol. The molecule has 3 aromatic rings. The minimum atomic E-state index is -1.74. The zero-order valence-electron chi connectivity index (χ0n) is 17.5. The maximum absolute atomic E-state index is 13.1. The first kappa shape index (κ1) is 20.3. The number of carbonyl (C=O) groups excluding carboxylic acids is 1. The fourth-order valence-electron chi connectivity index (χ4n) is 4.79. The number of carboxylic acids is 1.